The molecule has 0 N–H and O–H groups in total. The summed E-state index contributed by atoms with van der Waals surface area (Å²) in [7, 11) is 0. The number of fused-ring (bicyclic) bond motifs is 3. The molecule has 0 saturated carbocycles. The number of benzene rings is 1. The number of carbonyl (C=O) groups excluding carboxylic acids is 1. The van der Waals surface area contributed by atoms with Crippen molar-refractivity contribution in [1.29, 1.82) is 0 Å². The Labute approximate surface area is 208 Å². The van der Waals surface area contributed by atoms with E-state index in [2.05, 4.69) is 17.1 Å². The van der Waals surface area contributed by atoms with Crippen LogP contribution >= 0.6 is 11.3 Å². The first kappa shape index (κ1) is 23.3. The Morgan fingerprint density at radius 3 is 2.66 bits per heavy atom. The fourth-order valence-corrected chi connectivity index (χ4v) is 5.71. The predicted molar refractivity (Wildman–Crippen MR) is 140 cm³/mol. The van der Waals surface area contributed by atoms with Gasteiger partial charge >= 0.3 is 6.09 Å². The minimum Gasteiger partial charge on any atom is -0.444 e. The molecule has 4 heterocycles. The van der Waals surface area contributed by atoms with Crippen molar-refractivity contribution in [3.63, 3.8) is 0 Å². The molecule has 0 atom stereocenters. The maximum absolute atomic E-state index is 13.0. The van der Waals surface area contributed by atoms with Crippen molar-refractivity contribution in [3.05, 3.63) is 81.2 Å². The molecule has 7 heteroatoms. The lowest BCUT2D eigenvalue weighted by Gasteiger charge is -2.26. The minimum atomic E-state index is -0.514. The first-order valence-corrected chi connectivity index (χ1v) is 12.7. The Morgan fingerprint density at radius 2 is 1.94 bits per heavy atom. The zero-order valence-electron chi connectivity index (χ0n) is 20.5. The fourth-order valence-electron chi connectivity index (χ4n) is 4.41. The molecule has 1 aliphatic heterocycles. The second kappa shape index (κ2) is 8.96. The number of rotatable bonds is 2. The number of amides is 1. The smallest absolute Gasteiger partial charge is 0.410 e. The number of aryl methyl sites for hydroxylation is 2. The van der Waals surface area contributed by atoms with Gasteiger partial charge in [-0.15, -0.1) is 11.3 Å². The van der Waals surface area contributed by atoms with E-state index in [0.717, 1.165) is 40.0 Å². The molecule has 0 radical (unpaired) electrons. The number of hydrogen-bond donors (Lipinski definition) is 0. The van der Waals surface area contributed by atoms with Gasteiger partial charge in [0.25, 0.3) is 5.56 Å². The Hall–Kier alpha value is -3.45. The molecule has 35 heavy (non-hydrogen) atoms. The quantitative estimate of drug-likeness (QED) is 0.342. The fraction of sp³-hybridized carbons (Fsp3) is 0.321. The van der Waals surface area contributed by atoms with E-state index in [0.29, 0.717) is 13.1 Å². The molecule has 0 spiro atoms. The van der Waals surface area contributed by atoms with Gasteiger partial charge in [-0.2, -0.15) is 0 Å². The van der Waals surface area contributed by atoms with Crippen LogP contribution in [-0.4, -0.2) is 32.7 Å². The lowest BCUT2D eigenvalue weighted by molar-refractivity contribution is 0.0238. The predicted octanol–water partition coefficient (Wildman–Crippen LogP) is 6.11. The third-order valence-corrected chi connectivity index (χ3v) is 7.29. The number of thiophene rings is 1. The van der Waals surface area contributed by atoms with Gasteiger partial charge < -0.3 is 9.64 Å². The van der Waals surface area contributed by atoms with Crippen molar-refractivity contribution in [2.75, 3.05) is 6.54 Å². The summed E-state index contributed by atoms with van der Waals surface area (Å²) in [5, 5.41) is 1.20. The number of pyridine rings is 2. The van der Waals surface area contributed by atoms with Gasteiger partial charge in [0.15, 0.2) is 0 Å². The number of carbonyl (C=O) groups is 1. The summed E-state index contributed by atoms with van der Waals surface area (Å²) in [5.41, 5.74) is 4.18. The molecule has 5 rings (SSSR count). The highest BCUT2D eigenvalue weighted by Gasteiger charge is 2.26. The monoisotopic (exact) mass is 487 g/mol. The highest BCUT2D eigenvalue weighted by Crippen LogP contribution is 2.36. The number of ether oxygens (including phenoxy) is 1. The van der Waals surface area contributed by atoms with E-state index in [9.17, 15) is 9.59 Å². The largest absolute Gasteiger partial charge is 0.444 e. The van der Waals surface area contributed by atoms with E-state index >= 15 is 0 Å². The molecule has 0 saturated heterocycles. The van der Waals surface area contributed by atoms with E-state index in [-0.39, 0.29) is 11.7 Å². The maximum atomic E-state index is 13.0. The molecule has 0 aliphatic carbocycles. The van der Waals surface area contributed by atoms with Crippen molar-refractivity contribution in [3.8, 4) is 16.9 Å². The summed E-state index contributed by atoms with van der Waals surface area (Å²) in [4.78, 5) is 33.1. The zero-order chi connectivity index (χ0) is 24.7. The Balaban J connectivity index is 1.45. The van der Waals surface area contributed by atoms with Crippen molar-refractivity contribution < 1.29 is 9.53 Å². The van der Waals surface area contributed by atoms with Crippen molar-refractivity contribution >= 4 is 27.5 Å². The molecule has 0 bridgehead atoms. The third kappa shape index (κ3) is 4.86. The van der Waals surface area contributed by atoms with Crippen LogP contribution in [0.2, 0.25) is 0 Å². The highest BCUT2D eigenvalue weighted by molar-refractivity contribution is 7.19. The van der Waals surface area contributed by atoms with E-state index in [1.54, 1.807) is 33.1 Å². The molecular weight excluding hydrogens is 458 g/mol. The van der Waals surface area contributed by atoms with Crippen LogP contribution in [0, 0.1) is 6.92 Å². The Kier molecular flexibility index (Phi) is 5.97. The lowest BCUT2D eigenvalue weighted by Crippen LogP contribution is -2.36. The van der Waals surface area contributed by atoms with Gasteiger partial charge in [0.1, 0.15) is 5.60 Å². The van der Waals surface area contributed by atoms with Gasteiger partial charge in [0.05, 0.1) is 17.9 Å². The van der Waals surface area contributed by atoms with Gasteiger partial charge in [-0.1, -0.05) is 12.1 Å². The summed E-state index contributed by atoms with van der Waals surface area (Å²) in [5.74, 6) is 0. The molecule has 180 valence electrons. The minimum absolute atomic E-state index is 0.0987. The van der Waals surface area contributed by atoms with Crippen LogP contribution in [0.1, 0.15) is 43.2 Å². The molecule has 3 aromatic heterocycles. The van der Waals surface area contributed by atoms with Crippen LogP contribution in [0.3, 0.4) is 0 Å². The molecule has 0 unspecified atom stereocenters. The molecular formula is C28H29N3O3S. The third-order valence-electron chi connectivity index (χ3n) is 6.11. The zero-order valence-corrected chi connectivity index (χ0v) is 21.3. The Bertz CT molecular complexity index is 1460. The lowest BCUT2D eigenvalue weighted by atomic mass is 10.1. The molecule has 0 fully saturated rings. The van der Waals surface area contributed by atoms with Gasteiger partial charge in [0.2, 0.25) is 0 Å². The van der Waals surface area contributed by atoms with E-state index in [1.165, 1.54) is 15.8 Å². The second-order valence-corrected chi connectivity index (χ2v) is 11.2. The van der Waals surface area contributed by atoms with Crippen LogP contribution in [0.4, 0.5) is 4.79 Å². The summed E-state index contributed by atoms with van der Waals surface area (Å²) < 4.78 is 8.39. The van der Waals surface area contributed by atoms with Crippen LogP contribution < -0.4 is 5.56 Å². The first-order chi connectivity index (χ1) is 16.7. The Morgan fingerprint density at radius 1 is 1.11 bits per heavy atom. The topological polar surface area (TPSA) is 64.4 Å². The highest BCUT2D eigenvalue weighted by atomic mass is 32.1. The normalized spacial score (nSPS) is 14.0. The number of hydrogen-bond acceptors (Lipinski definition) is 5. The average molecular weight is 488 g/mol. The van der Waals surface area contributed by atoms with Gasteiger partial charge in [0, 0.05) is 40.1 Å². The molecule has 4 aromatic rings. The van der Waals surface area contributed by atoms with Crippen LogP contribution in [0.25, 0.3) is 27.0 Å². The van der Waals surface area contributed by atoms with Crippen LogP contribution in [-0.2, 0) is 17.7 Å². The molecule has 6 nitrogen and oxygen atoms in total. The number of aromatic nitrogens is 2. The van der Waals surface area contributed by atoms with Gasteiger partial charge in [-0.3, -0.25) is 14.3 Å². The van der Waals surface area contributed by atoms with Crippen molar-refractivity contribution in [1.82, 2.24) is 14.5 Å². The van der Waals surface area contributed by atoms with E-state index in [1.807, 2.05) is 58.2 Å². The van der Waals surface area contributed by atoms with Crippen LogP contribution in [0.5, 0.6) is 0 Å². The standard InChI is InChI=1S/C28H29N3O3S/c1-18-7-10-23(29-16-18)19-11-13-31(26(32)14-19)20-8-9-22-21-6-5-12-30(27(33)34-28(2,3)4)17-25(21)35-24(22)15-20/h7-11,13-16H,5-6,12,17H2,1-4H3. The SMILES string of the molecule is Cc1ccc(-c2ccn(-c3ccc4c5c(sc4c3)CN(C(=O)OC(C)(C)C)CCC5)c(=O)c2)nc1. The summed E-state index contributed by atoms with van der Waals surface area (Å²) >= 11 is 1.69. The van der Waals surface area contributed by atoms with Gasteiger partial charge in [-0.25, -0.2) is 4.79 Å². The average Bonchev–Trinajstić information content (AvgIpc) is 2.99. The molecule has 1 aromatic carbocycles. The summed E-state index contributed by atoms with van der Waals surface area (Å²) in [6.45, 7) is 8.90. The maximum Gasteiger partial charge on any atom is 0.410 e. The van der Waals surface area contributed by atoms with Crippen molar-refractivity contribution in [2.45, 2.75) is 52.7 Å². The van der Waals surface area contributed by atoms with Crippen LogP contribution in [0.15, 0.2) is 59.7 Å². The first-order valence-electron chi connectivity index (χ1n) is 11.9. The summed E-state index contributed by atoms with van der Waals surface area (Å²) in [6.07, 6.45) is 5.17. The second-order valence-electron chi connectivity index (χ2n) is 10.0. The van der Waals surface area contributed by atoms with E-state index in [4.69, 9.17) is 4.74 Å². The van der Waals surface area contributed by atoms with E-state index < -0.39 is 5.60 Å². The molecule has 1 aliphatic rings. The molecule has 1 amide bonds. The van der Waals surface area contributed by atoms with Gasteiger partial charge in [-0.05, 0) is 81.3 Å². The number of nitrogens with zero attached hydrogens (tertiary/aromatic N) is 3. The van der Waals surface area contributed by atoms with Crippen molar-refractivity contribution in [2.24, 2.45) is 0 Å². The summed E-state index contributed by atoms with van der Waals surface area (Å²) in [6, 6.07) is 13.6.